The van der Waals surface area contributed by atoms with E-state index in [2.05, 4.69) is 0 Å². The van der Waals surface area contributed by atoms with E-state index in [4.69, 9.17) is 0 Å². The molecular formula is C20H18N4O4. The lowest BCUT2D eigenvalue weighted by Gasteiger charge is -2.27. The molecule has 0 aromatic heterocycles. The maximum absolute atomic E-state index is 13.2. The number of amides is 6. The SMILES string of the molecule is CC(=O)N1C(=O)N(c2ccccc2)C2C1N(c1ccccc1)C(=O)N2C(C)=O. The summed E-state index contributed by atoms with van der Waals surface area (Å²) in [6, 6.07) is 16.2. The van der Waals surface area contributed by atoms with E-state index in [1.807, 2.05) is 0 Å². The van der Waals surface area contributed by atoms with Gasteiger partial charge in [0.2, 0.25) is 11.8 Å². The van der Waals surface area contributed by atoms with Crippen LogP contribution in [0.4, 0.5) is 21.0 Å². The van der Waals surface area contributed by atoms with E-state index in [0.29, 0.717) is 11.4 Å². The molecule has 2 atom stereocenters. The van der Waals surface area contributed by atoms with Crippen LogP contribution in [-0.2, 0) is 9.59 Å². The van der Waals surface area contributed by atoms with Gasteiger partial charge in [-0.05, 0) is 24.3 Å². The maximum atomic E-state index is 13.2. The molecule has 2 aromatic rings. The fourth-order valence-electron chi connectivity index (χ4n) is 3.79. The molecule has 2 fully saturated rings. The molecule has 0 radical (unpaired) electrons. The van der Waals surface area contributed by atoms with Gasteiger partial charge in [0.15, 0.2) is 12.3 Å². The third kappa shape index (κ3) is 2.45. The lowest BCUT2D eigenvalue weighted by atomic mass is 10.2. The smallest absolute Gasteiger partial charge is 0.275 e. The molecule has 2 aliphatic heterocycles. The first-order chi connectivity index (χ1) is 13.4. The molecule has 0 N–H and O–H groups in total. The van der Waals surface area contributed by atoms with Gasteiger partial charge in [0.05, 0.1) is 0 Å². The summed E-state index contributed by atoms with van der Waals surface area (Å²) < 4.78 is 0. The Labute approximate surface area is 161 Å². The van der Waals surface area contributed by atoms with E-state index in [0.717, 1.165) is 9.80 Å². The van der Waals surface area contributed by atoms with Gasteiger partial charge in [-0.15, -0.1) is 0 Å². The van der Waals surface area contributed by atoms with Gasteiger partial charge in [0.1, 0.15) is 0 Å². The molecule has 8 nitrogen and oxygen atoms in total. The fraction of sp³-hybridized carbons (Fsp3) is 0.200. The zero-order valence-electron chi connectivity index (χ0n) is 15.4. The highest BCUT2D eigenvalue weighted by atomic mass is 16.2. The molecule has 0 spiro atoms. The molecule has 0 saturated carbocycles. The summed E-state index contributed by atoms with van der Waals surface area (Å²) in [5, 5.41) is 0. The Morgan fingerprint density at radius 2 is 0.964 bits per heavy atom. The zero-order chi connectivity index (χ0) is 20.0. The van der Waals surface area contributed by atoms with Crippen molar-refractivity contribution in [2.75, 3.05) is 9.80 Å². The molecule has 0 bridgehead atoms. The van der Waals surface area contributed by atoms with Crippen LogP contribution in [0.25, 0.3) is 0 Å². The monoisotopic (exact) mass is 378 g/mol. The number of carbonyl (C=O) groups excluding carboxylic acids is 4. The molecule has 0 aliphatic carbocycles. The maximum Gasteiger partial charge on any atom is 0.334 e. The van der Waals surface area contributed by atoms with Gasteiger partial charge in [0.25, 0.3) is 0 Å². The summed E-state index contributed by atoms with van der Waals surface area (Å²) >= 11 is 0. The Morgan fingerprint density at radius 3 is 1.25 bits per heavy atom. The number of benzene rings is 2. The lowest BCUT2D eigenvalue weighted by molar-refractivity contribution is -0.129. The van der Waals surface area contributed by atoms with Crippen LogP contribution >= 0.6 is 0 Å². The highest BCUT2D eigenvalue weighted by Gasteiger charge is 2.62. The first-order valence-electron chi connectivity index (χ1n) is 8.79. The van der Waals surface area contributed by atoms with Gasteiger partial charge >= 0.3 is 12.1 Å². The highest BCUT2D eigenvalue weighted by molar-refractivity contribution is 6.13. The van der Waals surface area contributed by atoms with Crippen LogP contribution in [0.15, 0.2) is 60.7 Å². The summed E-state index contributed by atoms with van der Waals surface area (Å²) in [4.78, 5) is 55.8. The van der Waals surface area contributed by atoms with Crippen molar-refractivity contribution >= 4 is 35.3 Å². The Balaban J connectivity index is 1.92. The highest BCUT2D eigenvalue weighted by Crippen LogP contribution is 2.40. The average Bonchev–Trinajstić information content (AvgIpc) is 3.12. The third-order valence-corrected chi connectivity index (χ3v) is 4.90. The number of urea groups is 2. The van der Waals surface area contributed by atoms with Crippen molar-refractivity contribution < 1.29 is 19.2 Å². The van der Waals surface area contributed by atoms with Crippen LogP contribution < -0.4 is 9.80 Å². The van der Waals surface area contributed by atoms with Gasteiger partial charge in [-0.25, -0.2) is 19.4 Å². The van der Waals surface area contributed by atoms with Gasteiger partial charge in [0, 0.05) is 25.2 Å². The molecule has 2 heterocycles. The van der Waals surface area contributed by atoms with Crippen LogP contribution in [0, 0.1) is 0 Å². The van der Waals surface area contributed by atoms with Crippen LogP contribution in [0.5, 0.6) is 0 Å². The van der Waals surface area contributed by atoms with E-state index in [-0.39, 0.29) is 0 Å². The number of fused-ring (bicyclic) bond motifs is 1. The second-order valence-electron chi connectivity index (χ2n) is 6.58. The first kappa shape index (κ1) is 17.7. The third-order valence-electron chi connectivity index (χ3n) is 4.90. The Bertz CT molecular complexity index is 883. The minimum atomic E-state index is -0.955. The van der Waals surface area contributed by atoms with Crippen molar-refractivity contribution in [3.8, 4) is 0 Å². The van der Waals surface area contributed by atoms with Crippen molar-refractivity contribution in [3.05, 3.63) is 60.7 Å². The minimum absolute atomic E-state index is 0.500. The summed E-state index contributed by atoms with van der Waals surface area (Å²) in [7, 11) is 0. The van der Waals surface area contributed by atoms with Gasteiger partial charge in [-0.3, -0.25) is 19.4 Å². The number of anilines is 2. The molecule has 4 rings (SSSR count). The Morgan fingerprint density at radius 1 is 0.643 bits per heavy atom. The second-order valence-corrected chi connectivity index (χ2v) is 6.58. The Kier molecular flexibility index (Phi) is 4.11. The molecule has 6 amide bonds. The van der Waals surface area contributed by atoms with Crippen molar-refractivity contribution in [2.24, 2.45) is 0 Å². The normalized spacial score (nSPS) is 21.4. The van der Waals surface area contributed by atoms with Crippen molar-refractivity contribution in [1.29, 1.82) is 0 Å². The van der Waals surface area contributed by atoms with Crippen molar-refractivity contribution in [3.63, 3.8) is 0 Å². The molecule has 8 heteroatoms. The number of imide groups is 2. The van der Waals surface area contributed by atoms with Crippen molar-refractivity contribution in [2.45, 2.75) is 26.2 Å². The lowest BCUT2D eigenvalue weighted by Crippen LogP contribution is -2.49. The number of para-hydroxylation sites is 2. The quantitative estimate of drug-likeness (QED) is 0.804. The number of nitrogens with zero attached hydrogens (tertiary/aromatic N) is 4. The molecule has 2 aromatic carbocycles. The molecule has 2 aliphatic rings. The van der Waals surface area contributed by atoms with Crippen LogP contribution in [0.3, 0.4) is 0 Å². The molecule has 28 heavy (non-hydrogen) atoms. The topological polar surface area (TPSA) is 81.2 Å². The van der Waals surface area contributed by atoms with E-state index in [1.54, 1.807) is 60.7 Å². The predicted octanol–water partition coefficient (Wildman–Crippen LogP) is 2.62. The molecule has 142 valence electrons. The van der Waals surface area contributed by atoms with E-state index >= 15 is 0 Å². The van der Waals surface area contributed by atoms with Crippen LogP contribution in [0.1, 0.15) is 13.8 Å². The molecular weight excluding hydrogens is 360 g/mol. The number of hydrogen-bond acceptors (Lipinski definition) is 4. The summed E-state index contributed by atoms with van der Waals surface area (Å²) in [5.74, 6) is -1.00. The largest absolute Gasteiger partial charge is 0.334 e. The summed E-state index contributed by atoms with van der Waals surface area (Å²) in [5.41, 5.74) is 1.00. The van der Waals surface area contributed by atoms with Gasteiger partial charge in [-0.1, -0.05) is 36.4 Å². The fourth-order valence-corrected chi connectivity index (χ4v) is 3.79. The van der Waals surface area contributed by atoms with Gasteiger partial charge in [-0.2, -0.15) is 0 Å². The average molecular weight is 378 g/mol. The zero-order valence-corrected chi connectivity index (χ0v) is 15.4. The summed E-state index contributed by atoms with van der Waals surface area (Å²) in [6.07, 6.45) is -1.91. The molecule has 2 unspecified atom stereocenters. The number of rotatable bonds is 2. The van der Waals surface area contributed by atoms with E-state index in [1.165, 1.54) is 23.6 Å². The number of carbonyl (C=O) groups is 4. The first-order valence-corrected chi connectivity index (χ1v) is 8.79. The van der Waals surface area contributed by atoms with Gasteiger partial charge < -0.3 is 0 Å². The Hall–Kier alpha value is -3.68. The predicted molar refractivity (Wildman–Crippen MR) is 101 cm³/mol. The van der Waals surface area contributed by atoms with E-state index < -0.39 is 36.2 Å². The minimum Gasteiger partial charge on any atom is -0.275 e. The standard InChI is InChI=1S/C20H18N4O4/c1-13(25)21-17-18(24(19(21)27)16-11-7-4-8-12-16)22(14(2)26)20(28)23(17)15-9-5-3-6-10-15/h3-12,17-18H,1-2H3. The van der Waals surface area contributed by atoms with E-state index in [9.17, 15) is 19.2 Å². The van der Waals surface area contributed by atoms with Crippen molar-refractivity contribution in [1.82, 2.24) is 9.80 Å². The summed E-state index contributed by atoms with van der Waals surface area (Å²) in [6.45, 7) is 2.54. The van der Waals surface area contributed by atoms with Crippen LogP contribution in [0.2, 0.25) is 0 Å². The van der Waals surface area contributed by atoms with Crippen LogP contribution in [-0.4, -0.2) is 46.0 Å². The second kappa shape index (κ2) is 6.49. The molecule has 2 saturated heterocycles. The number of hydrogen-bond donors (Lipinski definition) is 0.